The fraction of sp³-hybridized carbons (Fsp3) is 0.818. The van der Waals surface area contributed by atoms with Crippen molar-refractivity contribution in [3.8, 4) is 0 Å². The van der Waals surface area contributed by atoms with Gasteiger partial charge in [0.2, 0.25) is 0 Å². The van der Waals surface area contributed by atoms with Crippen molar-refractivity contribution >= 4 is 0 Å². The minimum absolute atomic E-state index is 0.601. The van der Waals surface area contributed by atoms with E-state index in [0.29, 0.717) is 11.5 Å². The standard InChI is InChI=1S/C11H21N/c1-9(2)5-6-10(12-4)11(3)7-8-11/h10,12H,1,5-8H2,2-4H3. The molecule has 1 aliphatic carbocycles. The van der Waals surface area contributed by atoms with Crippen molar-refractivity contribution in [2.75, 3.05) is 7.05 Å². The maximum Gasteiger partial charge on any atom is 0.0121 e. The van der Waals surface area contributed by atoms with Gasteiger partial charge in [-0.3, -0.25) is 0 Å². The predicted molar refractivity (Wildman–Crippen MR) is 54.2 cm³/mol. The first-order valence-electron chi connectivity index (χ1n) is 4.90. The van der Waals surface area contributed by atoms with E-state index in [0.717, 1.165) is 0 Å². The van der Waals surface area contributed by atoms with E-state index < -0.39 is 0 Å². The van der Waals surface area contributed by atoms with E-state index in [-0.39, 0.29) is 0 Å². The molecule has 1 fully saturated rings. The van der Waals surface area contributed by atoms with Gasteiger partial charge < -0.3 is 5.32 Å². The number of nitrogens with one attached hydrogen (secondary N) is 1. The first kappa shape index (κ1) is 9.79. The lowest BCUT2D eigenvalue weighted by Crippen LogP contribution is -2.33. The monoisotopic (exact) mass is 167 g/mol. The van der Waals surface area contributed by atoms with E-state index in [4.69, 9.17) is 0 Å². The maximum atomic E-state index is 3.94. The largest absolute Gasteiger partial charge is 0.316 e. The third-order valence-corrected chi connectivity index (χ3v) is 3.09. The molecule has 0 saturated heterocycles. The van der Waals surface area contributed by atoms with E-state index in [1.54, 1.807) is 0 Å². The fourth-order valence-electron chi connectivity index (χ4n) is 1.78. The molecule has 0 aromatic rings. The van der Waals surface area contributed by atoms with E-state index in [9.17, 15) is 0 Å². The topological polar surface area (TPSA) is 12.0 Å². The Labute approximate surface area is 76.2 Å². The summed E-state index contributed by atoms with van der Waals surface area (Å²) in [4.78, 5) is 0. The Morgan fingerprint density at radius 2 is 2.17 bits per heavy atom. The van der Waals surface area contributed by atoms with E-state index in [1.165, 1.54) is 31.3 Å². The van der Waals surface area contributed by atoms with E-state index in [2.05, 4.69) is 32.8 Å². The molecular formula is C11H21N. The minimum Gasteiger partial charge on any atom is -0.316 e. The third-order valence-electron chi connectivity index (χ3n) is 3.09. The van der Waals surface area contributed by atoms with Gasteiger partial charge in [0.25, 0.3) is 0 Å². The predicted octanol–water partition coefficient (Wildman–Crippen LogP) is 2.73. The molecule has 1 saturated carbocycles. The highest BCUT2D eigenvalue weighted by Crippen LogP contribution is 2.49. The molecule has 12 heavy (non-hydrogen) atoms. The summed E-state index contributed by atoms with van der Waals surface area (Å²) in [5.41, 5.74) is 1.91. The lowest BCUT2D eigenvalue weighted by atomic mass is 9.93. The molecule has 0 spiro atoms. The molecule has 1 nitrogen and oxygen atoms in total. The van der Waals surface area contributed by atoms with Crippen LogP contribution in [0, 0.1) is 5.41 Å². The van der Waals surface area contributed by atoms with Gasteiger partial charge in [-0.1, -0.05) is 12.5 Å². The molecule has 0 heterocycles. The van der Waals surface area contributed by atoms with E-state index >= 15 is 0 Å². The summed E-state index contributed by atoms with van der Waals surface area (Å²) < 4.78 is 0. The Balaban J connectivity index is 2.31. The molecule has 1 unspecified atom stereocenters. The summed E-state index contributed by atoms with van der Waals surface area (Å²) >= 11 is 0. The molecule has 70 valence electrons. The molecule has 0 aromatic heterocycles. The summed E-state index contributed by atoms with van der Waals surface area (Å²) in [6, 6.07) is 0.703. The Morgan fingerprint density at radius 3 is 2.50 bits per heavy atom. The first-order chi connectivity index (χ1) is 5.58. The number of rotatable bonds is 5. The number of allylic oxidation sites excluding steroid dienone is 1. The van der Waals surface area contributed by atoms with Crippen molar-refractivity contribution in [3.63, 3.8) is 0 Å². The molecule has 1 heteroatoms. The average molecular weight is 167 g/mol. The molecule has 0 aliphatic heterocycles. The van der Waals surface area contributed by atoms with Crippen molar-refractivity contribution in [3.05, 3.63) is 12.2 Å². The molecule has 1 atom stereocenters. The van der Waals surface area contributed by atoms with Gasteiger partial charge in [-0.15, -0.1) is 6.58 Å². The van der Waals surface area contributed by atoms with Gasteiger partial charge in [0.1, 0.15) is 0 Å². The molecular weight excluding hydrogens is 146 g/mol. The normalized spacial score (nSPS) is 21.9. The van der Waals surface area contributed by atoms with Gasteiger partial charge in [0, 0.05) is 6.04 Å². The smallest absolute Gasteiger partial charge is 0.0121 e. The SMILES string of the molecule is C=C(C)CCC(NC)C1(C)CC1. The maximum absolute atomic E-state index is 3.94. The van der Waals surface area contributed by atoms with Crippen LogP contribution in [0.2, 0.25) is 0 Å². The van der Waals surface area contributed by atoms with Gasteiger partial charge in [0.15, 0.2) is 0 Å². The van der Waals surface area contributed by atoms with Crippen molar-refractivity contribution in [2.45, 2.75) is 45.6 Å². The Kier molecular flexibility index (Phi) is 2.94. The highest BCUT2D eigenvalue weighted by Gasteiger charge is 2.43. The van der Waals surface area contributed by atoms with Crippen molar-refractivity contribution < 1.29 is 0 Å². The van der Waals surface area contributed by atoms with Crippen LogP contribution >= 0.6 is 0 Å². The zero-order valence-corrected chi connectivity index (χ0v) is 8.61. The third kappa shape index (κ3) is 2.34. The van der Waals surface area contributed by atoms with Crippen LogP contribution in [0.4, 0.5) is 0 Å². The Bertz CT molecular complexity index is 168. The highest BCUT2D eigenvalue weighted by atomic mass is 14.9. The van der Waals surface area contributed by atoms with Gasteiger partial charge in [-0.25, -0.2) is 0 Å². The zero-order valence-electron chi connectivity index (χ0n) is 8.61. The quantitative estimate of drug-likeness (QED) is 0.621. The summed E-state index contributed by atoms with van der Waals surface area (Å²) in [7, 11) is 2.08. The first-order valence-corrected chi connectivity index (χ1v) is 4.90. The van der Waals surface area contributed by atoms with Crippen molar-refractivity contribution in [1.82, 2.24) is 5.32 Å². The van der Waals surface area contributed by atoms with Gasteiger partial charge >= 0.3 is 0 Å². The number of hydrogen-bond donors (Lipinski definition) is 1. The summed E-state index contributed by atoms with van der Waals surface area (Å²) in [6.45, 7) is 8.43. The van der Waals surface area contributed by atoms with Crippen LogP contribution < -0.4 is 5.32 Å². The summed E-state index contributed by atoms with van der Waals surface area (Å²) in [5.74, 6) is 0. The number of hydrogen-bond acceptors (Lipinski definition) is 1. The lowest BCUT2D eigenvalue weighted by Gasteiger charge is -2.22. The zero-order chi connectivity index (χ0) is 9.19. The molecule has 0 radical (unpaired) electrons. The van der Waals surface area contributed by atoms with E-state index in [1.807, 2.05) is 0 Å². The van der Waals surface area contributed by atoms with Crippen LogP contribution in [0.5, 0.6) is 0 Å². The fourth-order valence-corrected chi connectivity index (χ4v) is 1.78. The Hall–Kier alpha value is -0.300. The average Bonchev–Trinajstić information content (AvgIpc) is 2.69. The van der Waals surface area contributed by atoms with Crippen LogP contribution in [-0.4, -0.2) is 13.1 Å². The minimum atomic E-state index is 0.601. The van der Waals surface area contributed by atoms with Gasteiger partial charge in [-0.05, 0) is 45.1 Å². The molecule has 0 aromatic carbocycles. The summed E-state index contributed by atoms with van der Waals surface area (Å²) in [6.07, 6.45) is 5.22. The van der Waals surface area contributed by atoms with Crippen molar-refractivity contribution in [1.29, 1.82) is 0 Å². The Morgan fingerprint density at radius 1 is 1.58 bits per heavy atom. The van der Waals surface area contributed by atoms with Gasteiger partial charge in [0.05, 0.1) is 0 Å². The van der Waals surface area contributed by atoms with Crippen LogP contribution in [0.25, 0.3) is 0 Å². The second kappa shape index (κ2) is 3.61. The van der Waals surface area contributed by atoms with Crippen LogP contribution in [0.15, 0.2) is 12.2 Å². The molecule has 0 bridgehead atoms. The summed E-state index contributed by atoms with van der Waals surface area (Å²) in [5, 5.41) is 3.42. The highest BCUT2D eigenvalue weighted by molar-refractivity contribution is 5.00. The molecule has 1 rings (SSSR count). The molecule has 0 amide bonds. The molecule has 1 N–H and O–H groups in total. The van der Waals surface area contributed by atoms with Crippen LogP contribution in [0.1, 0.15) is 39.5 Å². The lowest BCUT2D eigenvalue weighted by molar-refractivity contribution is 0.358. The molecule has 1 aliphatic rings. The van der Waals surface area contributed by atoms with Crippen LogP contribution in [-0.2, 0) is 0 Å². The van der Waals surface area contributed by atoms with Gasteiger partial charge in [-0.2, -0.15) is 0 Å². The van der Waals surface area contributed by atoms with Crippen LogP contribution in [0.3, 0.4) is 0 Å². The van der Waals surface area contributed by atoms with Crippen molar-refractivity contribution in [2.24, 2.45) is 5.41 Å². The second-order valence-corrected chi connectivity index (χ2v) is 4.49. The second-order valence-electron chi connectivity index (χ2n) is 4.49.